The molecule has 1 saturated heterocycles. The molecule has 8 fully saturated rings. The maximum Gasteiger partial charge on any atom is 0.190 e. The second kappa shape index (κ2) is 20.8. The molecule has 11 aliphatic rings. The largest absolute Gasteiger partial charge is 0.396 e. The van der Waals surface area contributed by atoms with Crippen molar-refractivity contribution in [2.45, 2.75) is 191 Å². The number of nitrogens with zero attached hydrogens (tertiary/aromatic N) is 3. The summed E-state index contributed by atoms with van der Waals surface area (Å²) in [7, 11) is 5.58. The minimum absolute atomic E-state index is 0.00367. The van der Waals surface area contributed by atoms with Crippen molar-refractivity contribution in [3.8, 4) is 0 Å². The zero-order chi connectivity index (χ0) is 54.9. The molecule has 0 radical (unpaired) electrons. The molecule has 10 aliphatic carbocycles. The standard InChI is InChI=1S/C62H94N6O8S2/c1-34(71)67-56(63)66-29-36-26-60(32-70)43-25-47(62(60,76)44-24-45(72)52-42(30-64-5)54(74)46(73)28-58(52,4)50(36)44)61(19-9-12-37(61)15-22-69)78-77-31-38(68-21-20-65-33-68)27-57(2,3)53-40-14-10-18-59(16-6-7-17-59)51(40)39-13-8-11-35-23-41(43)55(75)49(53)48(35)39/h20-21,24,33-38,41-43,46-47,49-52,54-55,64,69-71,73-76H,6-19,22-23,25-32H2,1-5H3,(H3,63,66,67)/t34-,35-,36-,37-,38+,41+,42-,43-,46+,47-,49-,50+,51-,52+,54-,55+,58-,60+,61-,62+/m1/s1. The van der Waals surface area contributed by atoms with Gasteiger partial charge in [0, 0.05) is 83.6 Å². The number of nitrogens with two attached hydrogens (primary N) is 1. The summed E-state index contributed by atoms with van der Waals surface area (Å²) in [6, 6.07) is 0.0728. The van der Waals surface area contributed by atoms with Crippen molar-refractivity contribution in [1.82, 2.24) is 20.2 Å². The van der Waals surface area contributed by atoms with Crippen LogP contribution >= 0.6 is 21.6 Å². The summed E-state index contributed by atoms with van der Waals surface area (Å²) in [5.74, 6) is -2.18. The summed E-state index contributed by atoms with van der Waals surface area (Å²) in [4.78, 5) is 25.2. The van der Waals surface area contributed by atoms with Gasteiger partial charge in [0.25, 0.3) is 0 Å². The Bertz CT molecular complexity index is 2560. The Kier molecular flexibility index (Phi) is 15.0. The lowest BCUT2D eigenvalue weighted by Gasteiger charge is -2.66. The van der Waals surface area contributed by atoms with Crippen LogP contribution in [0.25, 0.3) is 0 Å². The van der Waals surface area contributed by atoms with E-state index in [1.807, 2.05) is 34.1 Å². The normalized spacial score (nSPS) is 46.1. The fourth-order valence-corrected chi connectivity index (χ4v) is 26.1. The summed E-state index contributed by atoms with van der Waals surface area (Å²) in [5, 5.41) is 94.1. The van der Waals surface area contributed by atoms with Crippen LogP contribution in [0.15, 0.2) is 57.7 Å². The zero-order valence-corrected chi connectivity index (χ0v) is 48.9. The second-order valence-electron chi connectivity index (χ2n) is 28.3. The molecule has 16 heteroatoms. The number of imidazole rings is 1. The summed E-state index contributed by atoms with van der Waals surface area (Å²) in [5.41, 5.74) is 9.47. The van der Waals surface area contributed by atoms with Crippen LogP contribution in [0.5, 0.6) is 0 Å². The molecule has 432 valence electrons. The third-order valence-electron chi connectivity index (χ3n) is 24.3. The predicted octanol–water partition coefficient (Wildman–Crippen LogP) is 7.24. The van der Waals surface area contributed by atoms with Gasteiger partial charge in [-0.05, 0) is 180 Å². The topological polar surface area (TPSA) is 239 Å². The Hall–Kier alpha value is -2.25. The van der Waals surface area contributed by atoms with Crippen molar-refractivity contribution < 1.29 is 40.5 Å². The molecule has 4 bridgehead atoms. The molecule has 78 heavy (non-hydrogen) atoms. The summed E-state index contributed by atoms with van der Waals surface area (Å²) >= 11 is 0. The number of aliphatic hydroxyl groups is 7. The van der Waals surface area contributed by atoms with Crippen LogP contribution in [0.4, 0.5) is 0 Å². The molecule has 7 saturated carbocycles. The van der Waals surface area contributed by atoms with Gasteiger partial charge in [-0.2, -0.15) is 0 Å². The van der Waals surface area contributed by atoms with E-state index in [1.165, 1.54) is 49.7 Å². The zero-order valence-electron chi connectivity index (χ0n) is 47.3. The molecule has 1 aromatic heterocycles. The monoisotopic (exact) mass is 1110 g/mol. The van der Waals surface area contributed by atoms with Gasteiger partial charge >= 0.3 is 0 Å². The van der Waals surface area contributed by atoms with Crippen molar-refractivity contribution in [3.63, 3.8) is 0 Å². The van der Waals surface area contributed by atoms with Gasteiger partial charge in [-0.25, -0.2) is 4.98 Å². The molecule has 0 unspecified atom stereocenters. The lowest BCUT2D eigenvalue weighted by Crippen LogP contribution is -2.70. The Morgan fingerprint density at radius 2 is 1.73 bits per heavy atom. The first kappa shape index (κ1) is 56.2. The van der Waals surface area contributed by atoms with Crippen LogP contribution in [0.1, 0.15) is 156 Å². The van der Waals surface area contributed by atoms with Crippen molar-refractivity contribution in [1.29, 1.82) is 0 Å². The van der Waals surface area contributed by atoms with Gasteiger partial charge < -0.3 is 56.7 Å². The number of rotatable bonds is 9. The Morgan fingerprint density at radius 3 is 2.45 bits per heavy atom. The molecular formula is C62H94N6O8S2. The maximum absolute atomic E-state index is 15.6. The molecule has 12 rings (SSSR count). The molecule has 2 heterocycles. The van der Waals surface area contributed by atoms with Crippen molar-refractivity contribution >= 4 is 33.3 Å². The number of ketones is 1. The van der Waals surface area contributed by atoms with Gasteiger partial charge in [0.2, 0.25) is 0 Å². The van der Waals surface area contributed by atoms with E-state index in [1.54, 1.807) is 31.2 Å². The third kappa shape index (κ3) is 8.31. The fraction of sp³-hybridized carbons (Fsp3) is 0.823. The highest BCUT2D eigenvalue weighted by atomic mass is 33.1. The Morgan fingerprint density at radius 1 is 0.962 bits per heavy atom. The number of hydrogen-bond donors (Lipinski definition) is 10. The number of guanidine groups is 1. The smallest absolute Gasteiger partial charge is 0.190 e. The van der Waals surface area contributed by atoms with Crippen LogP contribution in [0.3, 0.4) is 0 Å². The average Bonchev–Trinajstić information content (AvgIpc) is 2.79. The number of carbonyl (C=O) groups is 1. The summed E-state index contributed by atoms with van der Waals surface area (Å²) in [6.07, 6.45) is 21.4. The van der Waals surface area contributed by atoms with Crippen molar-refractivity contribution in [2.24, 2.45) is 97.5 Å². The van der Waals surface area contributed by atoms with Crippen LogP contribution in [-0.4, -0.2) is 131 Å². The highest BCUT2D eigenvalue weighted by molar-refractivity contribution is 8.77. The van der Waals surface area contributed by atoms with Gasteiger partial charge in [0.15, 0.2) is 11.7 Å². The second-order valence-corrected chi connectivity index (χ2v) is 31.0. The number of allylic oxidation sites excluding steroid dienone is 3. The number of fused-ring (bicyclic) bond motifs is 15. The number of aliphatic imine (C=N–C) groups is 1. The predicted molar refractivity (Wildman–Crippen MR) is 306 cm³/mol. The Labute approximate surface area is 471 Å². The highest BCUT2D eigenvalue weighted by Crippen LogP contribution is 2.78. The van der Waals surface area contributed by atoms with Crippen molar-refractivity contribution in [2.75, 3.05) is 39.1 Å². The van der Waals surface area contributed by atoms with E-state index in [0.717, 1.165) is 63.5 Å². The molecule has 2 spiro atoms. The highest BCUT2D eigenvalue weighted by Gasteiger charge is 2.78. The first-order valence-corrected chi connectivity index (χ1v) is 33.0. The summed E-state index contributed by atoms with van der Waals surface area (Å²) < 4.78 is 1.72. The van der Waals surface area contributed by atoms with Gasteiger partial charge in [-0.3, -0.25) is 9.79 Å². The molecule has 1 aliphatic heterocycles. The van der Waals surface area contributed by atoms with E-state index in [9.17, 15) is 30.6 Å². The van der Waals surface area contributed by atoms with E-state index in [-0.39, 0.29) is 84.4 Å². The number of aliphatic hydroxyl groups excluding tert-OH is 6. The first-order chi connectivity index (χ1) is 37.3. The molecule has 11 N–H and O–H groups in total. The Balaban J connectivity index is 1.11. The van der Waals surface area contributed by atoms with Gasteiger partial charge in [0.05, 0.1) is 36.8 Å². The van der Waals surface area contributed by atoms with E-state index in [4.69, 9.17) is 10.7 Å². The summed E-state index contributed by atoms with van der Waals surface area (Å²) in [6.45, 7) is 8.74. The molecular weight excluding hydrogens is 1020 g/mol. The molecule has 1 aromatic rings. The van der Waals surface area contributed by atoms with Gasteiger partial charge in [0.1, 0.15) is 6.23 Å². The quantitative estimate of drug-likeness (QED) is 0.0386. The fourth-order valence-electron chi connectivity index (χ4n) is 22.0. The average molecular weight is 1120 g/mol. The lowest BCUT2D eigenvalue weighted by atomic mass is 9.40. The van der Waals surface area contributed by atoms with E-state index in [2.05, 4.69) is 47.2 Å². The SMILES string of the molecule is CNC[C@H]1[C@@H](O)[C@@H](O)C[C@]2(C)[C@@H]3C(=CC(=O)[C@H]12)[C@]1(O)[C@@H]2C[C@H]([C@@H]4C[C@H]5CCCC6=C5[C@H](C(=C5CCCC7(CCCC7)[C@H]65)C(C)(C)C[C@H](n5ccnc5)CSS[C@@]25CCC[C@@H]5CCO)[C@H]4O)[C@@]1(CO)C[C@@H]3CN=C(N)N[C@@H](C)O. The lowest BCUT2D eigenvalue weighted by molar-refractivity contribution is -0.197. The van der Waals surface area contributed by atoms with Crippen molar-refractivity contribution in [3.05, 3.63) is 52.7 Å². The van der Waals surface area contributed by atoms with E-state index >= 15 is 9.90 Å². The molecule has 0 amide bonds. The van der Waals surface area contributed by atoms with Crippen LogP contribution < -0.4 is 16.4 Å². The van der Waals surface area contributed by atoms with Crippen LogP contribution in [0, 0.1) is 86.8 Å². The number of nitrogens with one attached hydrogen (secondary N) is 2. The molecule has 20 atom stereocenters. The maximum atomic E-state index is 15.6. The van der Waals surface area contributed by atoms with Gasteiger partial charge in [-0.15, -0.1) is 0 Å². The third-order valence-corrected chi connectivity index (χ3v) is 27.8. The van der Waals surface area contributed by atoms with E-state index in [0.29, 0.717) is 37.3 Å². The first-order valence-electron chi connectivity index (χ1n) is 30.7. The van der Waals surface area contributed by atoms with Gasteiger partial charge in [-0.1, -0.05) is 83.9 Å². The van der Waals surface area contributed by atoms with Crippen LogP contribution in [-0.2, 0) is 4.79 Å². The number of aromatic nitrogens is 2. The van der Waals surface area contributed by atoms with Crippen LogP contribution in [0.2, 0.25) is 0 Å². The molecule has 14 nitrogen and oxygen atoms in total. The van der Waals surface area contributed by atoms with E-state index < -0.39 is 75.3 Å². The number of carbonyl (C=O) groups excluding carboxylic acids is 1. The minimum atomic E-state index is -1.76. The number of hydrogen-bond acceptors (Lipinski definition) is 13. The molecule has 0 aromatic carbocycles. The minimum Gasteiger partial charge on any atom is -0.396 e.